The van der Waals surface area contributed by atoms with E-state index in [1.807, 2.05) is 18.2 Å². The number of fused-ring (bicyclic) bond motifs is 1. The first-order valence-electron chi connectivity index (χ1n) is 11.2. The van der Waals surface area contributed by atoms with Crippen molar-refractivity contribution >= 4 is 23.6 Å². The predicted molar refractivity (Wildman–Crippen MR) is 126 cm³/mol. The molecule has 0 spiro atoms. The summed E-state index contributed by atoms with van der Waals surface area (Å²) < 4.78 is 44.2. The summed E-state index contributed by atoms with van der Waals surface area (Å²) in [7, 11) is 0. The first-order chi connectivity index (χ1) is 17.8. The number of nitrogens with one attached hydrogen (secondary N) is 1. The summed E-state index contributed by atoms with van der Waals surface area (Å²) in [5, 5.41) is 19.2. The van der Waals surface area contributed by atoms with Gasteiger partial charge >= 0.3 is 6.18 Å². The number of nitrogens with two attached hydrogens (primary N) is 1. The number of para-hydroxylation sites is 1. The van der Waals surface area contributed by atoms with Crippen LogP contribution in [0.2, 0.25) is 0 Å². The van der Waals surface area contributed by atoms with Crippen molar-refractivity contribution in [1.29, 1.82) is 0 Å². The molecule has 0 fully saturated rings. The van der Waals surface area contributed by atoms with E-state index < -0.39 is 17.6 Å². The number of amides is 1. The molecule has 0 atom stereocenters. The van der Waals surface area contributed by atoms with Crippen molar-refractivity contribution in [3.63, 3.8) is 0 Å². The molecular weight excluding hydrogens is 491 g/mol. The first kappa shape index (κ1) is 24.0. The molecule has 14 heteroatoms. The summed E-state index contributed by atoms with van der Waals surface area (Å²) in [4.78, 5) is 15.1. The molecule has 11 nitrogen and oxygen atoms in total. The molecule has 0 aliphatic carbocycles. The minimum Gasteiger partial charge on any atom is -0.378 e. The molecule has 4 aromatic rings. The van der Waals surface area contributed by atoms with Gasteiger partial charge in [0.1, 0.15) is 0 Å². The maximum absolute atomic E-state index is 13.0. The number of aromatic nitrogens is 5. The molecule has 3 N–H and O–H groups in total. The molecule has 3 heterocycles. The van der Waals surface area contributed by atoms with E-state index >= 15 is 0 Å². The van der Waals surface area contributed by atoms with Gasteiger partial charge in [0.25, 0.3) is 5.91 Å². The summed E-state index contributed by atoms with van der Waals surface area (Å²) in [6.45, 7) is 0.990. The Bertz CT molecular complexity index is 1440. The fourth-order valence-corrected chi connectivity index (χ4v) is 4.06. The van der Waals surface area contributed by atoms with Crippen molar-refractivity contribution in [2.75, 3.05) is 17.2 Å². The van der Waals surface area contributed by atoms with Crippen molar-refractivity contribution < 1.29 is 22.6 Å². The van der Waals surface area contributed by atoms with Crippen LogP contribution in [-0.2, 0) is 19.1 Å². The molecule has 1 amide bonds. The lowest BCUT2D eigenvalue weighted by Crippen LogP contribution is -2.31. The molecule has 0 saturated heterocycles. The van der Waals surface area contributed by atoms with Crippen molar-refractivity contribution in [2.45, 2.75) is 25.6 Å². The van der Waals surface area contributed by atoms with E-state index in [-0.39, 0.29) is 23.9 Å². The second-order valence-corrected chi connectivity index (χ2v) is 8.24. The van der Waals surface area contributed by atoms with Gasteiger partial charge in [-0.3, -0.25) is 4.79 Å². The summed E-state index contributed by atoms with van der Waals surface area (Å²) in [5.41, 5.74) is 10.3. The third-order valence-electron chi connectivity index (χ3n) is 5.84. The van der Waals surface area contributed by atoms with E-state index in [4.69, 9.17) is 10.4 Å². The van der Waals surface area contributed by atoms with Gasteiger partial charge < -0.3 is 10.6 Å². The monoisotopic (exact) mass is 511 g/mol. The number of carbonyl (C=O) groups is 1. The van der Waals surface area contributed by atoms with Crippen LogP contribution in [0.4, 0.5) is 24.7 Å². The maximum atomic E-state index is 13.0. The molecule has 5 rings (SSSR count). The number of hydrogen-bond acceptors (Lipinski definition) is 9. The number of nitrogen functional groups attached to an aromatic ring is 1. The maximum Gasteiger partial charge on any atom is 0.416 e. The summed E-state index contributed by atoms with van der Waals surface area (Å²) >= 11 is 0. The Kier molecular flexibility index (Phi) is 6.29. The number of nitrogens with zero attached hydrogens (tertiary/aromatic N) is 7. The third-order valence-corrected chi connectivity index (χ3v) is 5.84. The van der Waals surface area contributed by atoms with Crippen LogP contribution < -0.4 is 16.1 Å². The number of halogens is 3. The minimum atomic E-state index is -4.44. The quantitative estimate of drug-likeness (QED) is 0.297. The van der Waals surface area contributed by atoms with E-state index in [1.165, 1.54) is 28.6 Å². The van der Waals surface area contributed by atoms with Crippen LogP contribution in [0.3, 0.4) is 0 Å². The fraction of sp³-hybridized carbons (Fsp3) is 0.217. The zero-order chi connectivity index (χ0) is 26.0. The number of hydrazone groups is 1. The van der Waals surface area contributed by atoms with E-state index in [0.29, 0.717) is 11.3 Å². The van der Waals surface area contributed by atoms with Crippen molar-refractivity contribution in [3.05, 3.63) is 76.6 Å². The number of hydrogen-bond donors (Lipinski definition) is 2. The number of carbonyl (C=O) groups excluding carboxylic acids is 1. The highest BCUT2D eigenvalue weighted by Crippen LogP contribution is 2.30. The zero-order valence-corrected chi connectivity index (χ0v) is 19.2. The number of alkyl halides is 3. The zero-order valence-electron chi connectivity index (χ0n) is 19.2. The largest absolute Gasteiger partial charge is 0.416 e. The smallest absolute Gasteiger partial charge is 0.378 e. The van der Waals surface area contributed by atoms with Crippen LogP contribution in [0.15, 0.2) is 58.3 Å². The van der Waals surface area contributed by atoms with E-state index in [2.05, 4.69) is 42.1 Å². The van der Waals surface area contributed by atoms with Crippen molar-refractivity contribution in [2.24, 2.45) is 5.10 Å². The van der Waals surface area contributed by atoms with E-state index in [9.17, 15) is 18.0 Å². The number of aryl methyl sites for hydroxylation is 1. The molecule has 0 radical (unpaired) electrons. The molecular formula is C23H20F3N9O2. The van der Waals surface area contributed by atoms with Gasteiger partial charge in [-0.2, -0.15) is 23.0 Å². The molecule has 2 aromatic heterocycles. The van der Waals surface area contributed by atoms with Crippen LogP contribution in [0.5, 0.6) is 0 Å². The van der Waals surface area contributed by atoms with Crippen LogP contribution in [0, 0.1) is 0 Å². The Morgan fingerprint density at radius 2 is 1.95 bits per heavy atom. The van der Waals surface area contributed by atoms with Gasteiger partial charge in [-0.15, -0.1) is 5.10 Å². The average molecular weight is 511 g/mol. The average Bonchev–Trinajstić information content (AvgIpc) is 3.49. The molecule has 1 aliphatic rings. The topological polar surface area (TPSA) is 140 Å². The molecule has 0 unspecified atom stereocenters. The lowest BCUT2D eigenvalue weighted by atomic mass is 10.0. The molecule has 0 saturated carbocycles. The van der Waals surface area contributed by atoms with Crippen molar-refractivity contribution in [1.82, 2.24) is 30.7 Å². The number of rotatable bonds is 6. The predicted octanol–water partition coefficient (Wildman–Crippen LogP) is 2.97. The molecule has 190 valence electrons. The Labute approximate surface area is 207 Å². The Balaban J connectivity index is 1.40. The highest BCUT2D eigenvalue weighted by Gasteiger charge is 2.30. The van der Waals surface area contributed by atoms with Gasteiger partial charge in [-0.25, -0.2) is 10.1 Å². The van der Waals surface area contributed by atoms with Crippen LogP contribution in [0.25, 0.3) is 5.82 Å². The van der Waals surface area contributed by atoms with E-state index in [0.717, 1.165) is 37.2 Å². The van der Waals surface area contributed by atoms with Crippen molar-refractivity contribution in [3.8, 4) is 5.82 Å². The lowest BCUT2D eigenvalue weighted by Gasteiger charge is -2.31. The summed E-state index contributed by atoms with van der Waals surface area (Å²) in [6, 6.07) is 12.3. The molecule has 1 aliphatic heterocycles. The van der Waals surface area contributed by atoms with Gasteiger partial charge in [0.15, 0.2) is 5.69 Å². The Morgan fingerprint density at radius 3 is 2.68 bits per heavy atom. The second-order valence-electron chi connectivity index (χ2n) is 8.24. The first-order valence-corrected chi connectivity index (χ1v) is 11.2. The van der Waals surface area contributed by atoms with Gasteiger partial charge in [0.05, 0.1) is 24.0 Å². The SMILES string of the molecule is Nc1nonc1-n1nnc(C(=O)N/N=C\c2ccc(C(F)(F)F)cc2)c1CN1CCCc2ccccc21. The fourth-order valence-electron chi connectivity index (χ4n) is 4.06. The minimum absolute atomic E-state index is 0.0301. The van der Waals surface area contributed by atoms with Gasteiger partial charge in [0, 0.05) is 12.2 Å². The summed E-state index contributed by atoms with van der Waals surface area (Å²) in [6.07, 6.45) is -1.35. The molecule has 2 aromatic carbocycles. The van der Waals surface area contributed by atoms with Crippen LogP contribution >= 0.6 is 0 Å². The number of anilines is 2. The van der Waals surface area contributed by atoms with Gasteiger partial charge in [-0.1, -0.05) is 35.5 Å². The van der Waals surface area contributed by atoms with Gasteiger partial charge in [-0.05, 0) is 52.5 Å². The van der Waals surface area contributed by atoms with Crippen LogP contribution in [0.1, 0.15) is 39.3 Å². The van der Waals surface area contributed by atoms with Gasteiger partial charge in [0.2, 0.25) is 11.6 Å². The normalized spacial score (nSPS) is 13.6. The lowest BCUT2D eigenvalue weighted by molar-refractivity contribution is -0.137. The number of benzene rings is 2. The molecule has 37 heavy (non-hydrogen) atoms. The van der Waals surface area contributed by atoms with E-state index in [1.54, 1.807) is 0 Å². The highest BCUT2D eigenvalue weighted by molar-refractivity contribution is 5.94. The Hall–Kier alpha value is -4.75. The standard InChI is InChI=1S/C23H20F3N9O2/c24-23(25,26)16-9-7-14(8-10-16)12-28-30-22(36)19-18(35(33-29-19)21-20(27)31-37-32-21)13-34-11-3-5-15-4-1-2-6-17(15)34/h1-2,4,6-10,12H,3,5,11,13H2,(H2,27,31)(H,30,36)/b28-12-. The highest BCUT2D eigenvalue weighted by atomic mass is 19.4. The molecule has 0 bridgehead atoms. The third kappa shape index (κ3) is 4.98. The Morgan fingerprint density at radius 1 is 1.16 bits per heavy atom. The van der Waals surface area contributed by atoms with Crippen LogP contribution in [-0.4, -0.2) is 44.0 Å². The summed E-state index contributed by atoms with van der Waals surface area (Å²) in [5.74, 6) is -0.623. The second kappa shape index (κ2) is 9.72.